The van der Waals surface area contributed by atoms with E-state index < -0.39 is 5.60 Å². The monoisotopic (exact) mass is 324 g/mol. The maximum Gasteiger partial charge on any atom is 0.252 e. The predicted molar refractivity (Wildman–Crippen MR) is 89.5 cm³/mol. The summed E-state index contributed by atoms with van der Waals surface area (Å²) in [7, 11) is 1.65. The molecule has 1 saturated heterocycles. The Morgan fingerprint density at radius 2 is 1.95 bits per heavy atom. The number of ether oxygens (including phenoxy) is 1. The molecule has 1 aliphatic carbocycles. The van der Waals surface area contributed by atoms with E-state index in [0.717, 1.165) is 45.2 Å². The summed E-state index contributed by atoms with van der Waals surface area (Å²) in [6.07, 6.45) is 4.49. The summed E-state index contributed by atoms with van der Waals surface area (Å²) in [5.74, 6) is 0.0656. The van der Waals surface area contributed by atoms with Crippen LogP contribution in [0.3, 0.4) is 0 Å². The Labute approximate surface area is 138 Å². The van der Waals surface area contributed by atoms with Gasteiger partial charge in [0.25, 0.3) is 5.91 Å². The minimum absolute atomic E-state index is 0. The van der Waals surface area contributed by atoms with E-state index in [2.05, 4.69) is 34.9 Å². The minimum Gasteiger partial charge on any atom is -0.368 e. The fraction of sp³-hybridized carbons (Fsp3) is 0.588. The van der Waals surface area contributed by atoms with Crippen molar-refractivity contribution in [3.63, 3.8) is 0 Å². The number of methoxy groups -OCH3 is 1. The molecule has 0 spiro atoms. The smallest absolute Gasteiger partial charge is 0.252 e. The first-order valence-corrected chi connectivity index (χ1v) is 7.87. The number of piperidine rings is 1. The fourth-order valence-corrected chi connectivity index (χ4v) is 3.49. The van der Waals surface area contributed by atoms with Crippen molar-refractivity contribution >= 4 is 18.3 Å². The molecule has 2 aliphatic rings. The number of halogens is 1. The highest BCUT2D eigenvalue weighted by Gasteiger charge is 2.40. The average molecular weight is 325 g/mol. The standard InChI is InChI=1S/C17H24N2O2.ClH/c1-21-17(8-10-18-11-9-17)16(20)19-15-7-6-13-4-2-3-5-14(13)12-15;/h2-5,15,18H,6-12H2,1H3,(H,19,20);1H. The third kappa shape index (κ3) is 3.45. The Balaban J connectivity index is 0.00000176. The molecule has 0 bridgehead atoms. The summed E-state index contributed by atoms with van der Waals surface area (Å²) >= 11 is 0. The third-order valence-electron chi connectivity index (χ3n) is 4.90. The highest BCUT2D eigenvalue weighted by atomic mass is 35.5. The number of hydrogen-bond acceptors (Lipinski definition) is 3. The van der Waals surface area contributed by atoms with Crippen molar-refractivity contribution < 1.29 is 9.53 Å². The molecule has 1 unspecified atom stereocenters. The molecule has 1 atom stereocenters. The van der Waals surface area contributed by atoms with Crippen LogP contribution in [0.15, 0.2) is 24.3 Å². The van der Waals surface area contributed by atoms with Gasteiger partial charge in [0.05, 0.1) is 0 Å². The van der Waals surface area contributed by atoms with E-state index in [-0.39, 0.29) is 24.4 Å². The summed E-state index contributed by atoms with van der Waals surface area (Å²) in [6.45, 7) is 1.68. The van der Waals surface area contributed by atoms with Gasteiger partial charge in [-0.15, -0.1) is 12.4 Å². The maximum atomic E-state index is 12.7. The second kappa shape index (κ2) is 7.44. The first-order chi connectivity index (χ1) is 10.2. The number of carbonyl (C=O) groups is 1. The Morgan fingerprint density at radius 1 is 1.27 bits per heavy atom. The summed E-state index contributed by atoms with van der Waals surface area (Å²) in [6, 6.07) is 8.76. The fourth-order valence-electron chi connectivity index (χ4n) is 3.49. The average Bonchev–Trinajstić information content (AvgIpc) is 2.55. The number of benzene rings is 1. The molecule has 2 N–H and O–H groups in total. The van der Waals surface area contributed by atoms with Gasteiger partial charge < -0.3 is 15.4 Å². The first-order valence-electron chi connectivity index (χ1n) is 7.87. The van der Waals surface area contributed by atoms with Crippen LogP contribution in [0.1, 0.15) is 30.4 Å². The molecule has 122 valence electrons. The zero-order chi connectivity index (χ0) is 14.7. The normalized spacial score (nSPS) is 23.0. The second-order valence-corrected chi connectivity index (χ2v) is 6.13. The lowest BCUT2D eigenvalue weighted by atomic mass is 9.86. The molecule has 1 heterocycles. The number of aryl methyl sites for hydroxylation is 1. The van der Waals surface area contributed by atoms with Crippen LogP contribution in [0.2, 0.25) is 0 Å². The second-order valence-electron chi connectivity index (χ2n) is 6.13. The van der Waals surface area contributed by atoms with Crippen LogP contribution in [0.5, 0.6) is 0 Å². The molecule has 22 heavy (non-hydrogen) atoms. The van der Waals surface area contributed by atoms with Crippen LogP contribution in [0.4, 0.5) is 0 Å². The molecular formula is C17H25ClN2O2. The Morgan fingerprint density at radius 3 is 2.64 bits per heavy atom. The van der Waals surface area contributed by atoms with Gasteiger partial charge in [-0.25, -0.2) is 0 Å². The van der Waals surface area contributed by atoms with E-state index in [4.69, 9.17) is 4.74 Å². The molecule has 5 heteroatoms. The van der Waals surface area contributed by atoms with Gasteiger partial charge in [0.15, 0.2) is 0 Å². The summed E-state index contributed by atoms with van der Waals surface area (Å²) in [5, 5.41) is 6.51. The number of nitrogens with one attached hydrogen (secondary N) is 2. The van der Waals surface area contributed by atoms with Gasteiger partial charge in [0.1, 0.15) is 5.60 Å². The third-order valence-corrected chi connectivity index (χ3v) is 4.90. The SMILES string of the molecule is COC1(C(=O)NC2CCc3ccccc3C2)CCNCC1.Cl. The Hall–Kier alpha value is -1.10. The van der Waals surface area contributed by atoms with Gasteiger partial charge in [0.2, 0.25) is 0 Å². The number of fused-ring (bicyclic) bond motifs is 1. The van der Waals surface area contributed by atoms with Crippen LogP contribution >= 0.6 is 12.4 Å². The van der Waals surface area contributed by atoms with Crippen LogP contribution in [-0.2, 0) is 22.4 Å². The van der Waals surface area contributed by atoms with Gasteiger partial charge in [-0.05, 0) is 56.3 Å². The lowest BCUT2D eigenvalue weighted by Crippen LogP contribution is -2.56. The highest BCUT2D eigenvalue weighted by Crippen LogP contribution is 2.25. The van der Waals surface area contributed by atoms with E-state index in [0.29, 0.717) is 0 Å². The van der Waals surface area contributed by atoms with Crippen molar-refractivity contribution in [3.8, 4) is 0 Å². The highest BCUT2D eigenvalue weighted by molar-refractivity contribution is 5.86. The van der Waals surface area contributed by atoms with Crippen LogP contribution in [0.25, 0.3) is 0 Å². The molecular weight excluding hydrogens is 300 g/mol. The van der Waals surface area contributed by atoms with E-state index >= 15 is 0 Å². The first kappa shape index (κ1) is 17.3. The van der Waals surface area contributed by atoms with Crippen molar-refractivity contribution in [2.75, 3.05) is 20.2 Å². The molecule has 0 aromatic heterocycles. The number of carbonyl (C=O) groups excluding carboxylic acids is 1. The van der Waals surface area contributed by atoms with E-state index in [1.165, 1.54) is 11.1 Å². The lowest BCUT2D eigenvalue weighted by Gasteiger charge is -2.37. The predicted octanol–water partition coefficient (Wildman–Crippen LogP) is 1.85. The van der Waals surface area contributed by atoms with Gasteiger partial charge in [-0.1, -0.05) is 24.3 Å². The van der Waals surface area contributed by atoms with Gasteiger partial charge in [-0.2, -0.15) is 0 Å². The molecule has 1 aromatic rings. The summed E-state index contributed by atoms with van der Waals surface area (Å²) in [5.41, 5.74) is 2.15. The Bertz CT molecular complexity index is 515. The topological polar surface area (TPSA) is 50.4 Å². The minimum atomic E-state index is -0.637. The van der Waals surface area contributed by atoms with Crippen LogP contribution < -0.4 is 10.6 Å². The number of amides is 1. The summed E-state index contributed by atoms with van der Waals surface area (Å²) < 4.78 is 5.60. The summed E-state index contributed by atoms with van der Waals surface area (Å²) in [4.78, 5) is 12.7. The van der Waals surface area contributed by atoms with Crippen molar-refractivity contribution in [1.29, 1.82) is 0 Å². The van der Waals surface area contributed by atoms with Gasteiger partial charge >= 0.3 is 0 Å². The Kier molecular flexibility index (Phi) is 5.84. The number of rotatable bonds is 3. The van der Waals surface area contributed by atoms with Crippen molar-refractivity contribution in [1.82, 2.24) is 10.6 Å². The van der Waals surface area contributed by atoms with E-state index in [9.17, 15) is 4.79 Å². The lowest BCUT2D eigenvalue weighted by molar-refractivity contribution is -0.147. The molecule has 1 amide bonds. The van der Waals surface area contributed by atoms with Crippen molar-refractivity contribution in [2.24, 2.45) is 0 Å². The van der Waals surface area contributed by atoms with Gasteiger partial charge in [-0.3, -0.25) is 4.79 Å². The van der Waals surface area contributed by atoms with Crippen LogP contribution in [0, 0.1) is 0 Å². The largest absolute Gasteiger partial charge is 0.368 e. The van der Waals surface area contributed by atoms with E-state index in [1.54, 1.807) is 7.11 Å². The quantitative estimate of drug-likeness (QED) is 0.892. The van der Waals surface area contributed by atoms with Crippen molar-refractivity contribution in [2.45, 2.75) is 43.7 Å². The van der Waals surface area contributed by atoms with E-state index in [1.807, 2.05) is 0 Å². The molecule has 3 rings (SSSR count). The molecule has 1 aromatic carbocycles. The zero-order valence-corrected chi connectivity index (χ0v) is 13.9. The van der Waals surface area contributed by atoms with Crippen LogP contribution in [-0.4, -0.2) is 37.7 Å². The molecule has 1 aliphatic heterocycles. The molecule has 0 radical (unpaired) electrons. The molecule has 1 fully saturated rings. The molecule has 0 saturated carbocycles. The van der Waals surface area contributed by atoms with Gasteiger partial charge in [0, 0.05) is 13.2 Å². The zero-order valence-electron chi connectivity index (χ0n) is 13.1. The van der Waals surface area contributed by atoms with Crippen molar-refractivity contribution in [3.05, 3.63) is 35.4 Å². The molecule has 4 nitrogen and oxygen atoms in total. The maximum absolute atomic E-state index is 12.7. The number of hydrogen-bond donors (Lipinski definition) is 2.